The number of carbonyl (C=O) groups excluding carboxylic acids is 1. The highest BCUT2D eigenvalue weighted by atomic mass is 32.1. The van der Waals surface area contributed by atoms with Gasteiger partial charge in [-0.25, -0.2) is 0 Å². The Bertz CT molecular complexity index is 869. The van der Waals surface area contributed by atoms with E-state index in [-0.39, 0.29) is 17.9 Å². The highest BCUT2D eigenvalue weighted by Crippen LogP contribution is 2.43. The van der Waals surface area contributed by atoms with E-state index in [1.807, 2.05) is 31.2 Å². The number of carbonyl (C=O) groups is 1. The van der Waals surface area contributed by atoms with Crippen molar-refractivity contribution in [2.45, 2.75) is 47.0 Å². The third-order valence-electron chi connectivity index (χ3n) is 5.25. The molecule has 27 heavy (non-hydrogen) atoms. The van der Waals surface area contributed by atoms with Crippen LogP contribution in [0.4, 0.5) is 5.00 Å². The minimum atomic E-state index is -0.238. The van der Waals surface area contributed by atoms with Gasteiger partial charge in [0.2, 0.25) is 0 Å². The van der Waals surface area contributed by atoms with Gasteiger partial charge in [-0.15, -0.1) is 11.3 Å². The molecule has 5 heteroatoms. The number of hydrogen-bond acceptors (Lipinski definition) is 4. The molecule has 142 valence electrons. The van der Waals surface area contributed by atoms with Gasteiger partial charge < -0.3 is 10.1 Å². The zero-order valence-electron chi connectivity index (χ0n) is 16.4. The average molecular weight is 383 g/mol. The molecule has 1 heterocycles. The summed E-state index contributed by atoms with van der Waals surface area (Å²) in [6.07, 6.45) is 2.98. The minimum absolute atomic E-state index is 0.0683. The first-order valence-corrected chi connectivity index (χ1v) is 10.1. The number of aryl methyl sites for hydroxylation is 1. The van der Waals surface area contributed by atoms with Crippen LogP contribution in [0.15, 0.2) is 24.3 Å². The highest BCUT2D eigenvalue weighted by molar-refractivity contribution is 7.16. The molecule has 0 bridgehead atoms. The van der Waals surface area contributed by atoms with Crippen LogP contribution < -0.4 is 10.1 Å². The Morgan fingerprint density at radius 3 is 2.67 bits per heavy atom. The van der Waals surface area contributed by atoms with Gasteiger partial charge in [0, 0.05) is 4.88 Å². The molecule has 1 amide bonds. The van der Waals surface area contributed by atoms with Crippen molar-refractivity contribution in [3.63, 3.8) is 0 Å². The fourth-order valence-corrected chi connectivity index (χ4v) is 4.77. The van der Waals surface area contributed by atoms with Crippen LogP contribution in [-0.4, -0.2) is 12.5 Å². The molecule has 4 nitrogen and oxygen atoms in total. The molecule has 0 saturated heterocycles. The first kappa shape index (κ1) is 19.4. The Labute approximate surface area is 165 Å². The maximum absolute atomic E-state index is 12.3. The Balaban J connectivity index is 1.68. The lowest BCUT2D eigenvalue weighted by Crippen LogP contribution is -2.26. The van der Waals surface area contributed by atoms with Crippen molar-refractivity contribution in [1.29, 1.82) is 5.26 Å². The molecule has 0 spiro atoms. The van der Waals surface area contributed by atoms with Crippen LogP contribution in [-0.2, 0) is 17.6 Å². The summed E-state index contributed by atoms with van der Waals surface area (Å²) in [6, 6.07) is 9.88. The first-order valence-electron chi connectivity index (χ1n) is 9.32. The molecular weight excluding hydrogens is 356 g/mol. The van der Waals surface area contributed by atoms with E-state index in [0.717, 1.165) is 30.4 Å². The van der Waals surface area contributed by atoms with E-state index in [1.165, 1.54) is 4.88 Å². The molecular formula is C22H26N2O2S. The number of nitrogens with one attached hydrogen (secondary N) is 1. The summed E-state index contributed by atoms with van der Waals surface area (Å²) in [5.41, 5.74) is 3.15. The average Bonchev–Trinajstić information content (AvgIpc) is 2.96. The van der Waals surface area contributed by atoms with Crippen LogP contribution in [0.1, 0.15) is 48.8 Å². The highest BCUT2D eigenvalue weighted by Gasteiger charge is 2.32. The van der Waals surface area contributed by atoms with E-state index in [1.54, 1.807) is 11.3 Å². The van der Waals surface area contributed by atoms with E-state index in [9.17, 15) is 10.1 Å². The van der Waals surface area contributed by atoms with Crippen molar-refractivity contribution >= 4 is 22.2 Å². The number of rotatable bonds is 4. The Morgan fingerprint density at radius 1 is 1.33 bits per heavy atom. The summed E-state index contributed by atoms with van der Waals surface area (Å²) in [7, 11) is 0. The van der Waals surface area contributed by atoms with E-state index in [2.05, 4.69) is 32.2 Å². The Kier molecular flexibility index (Phi) is 5.57. The van der Waals surface area contributed by atoms with Crippen molar-refractivity contribution in [3.8, 4) is 11.8 Å². The smallest absolute Gasteiger partial charge is 0.262 e. The molecule has 1 aromatic carbocycles. The van der Waals surface area contributed by atoms with Gasteiger partial charge >= 0.3 is 0 Å². The predicted octanol–water partition coefficient (Wildman–Crippen LogP) is 5.10. The predicted molar refractivity (Wildman–Crippen MR) is 109 cm³/mol. The van der Waals surface area contributed by atoms with Crippen LogP contribution in [0.25, 0.3) is 0 Å². The van der Waals surface area contributed by atoms with E-state index in [4.69, 9.17) is 4.74 Å². The summed E-state index contributed by atoms with van der Waals surface area (Å²) in [6.45, 7) is 8.75. The van der Waals surface area contributed by atoms with Gasteiger partial charge in [0.05, 0.1) is 5.56 Å². The molecule has 0 unspecified atom stereocenters. The number of nitrogens with zero attached hydrogens (tertiary/aromatic N) is 1. The van der Waals surface area contributed by atoms with Crippen molar-refractivity contribution < 1.29 is 9.53 Å². The van der Waals surface area contributed by atoms with Gasteiger partial charge in [-0.2, -0.15) is 5.26 Å². The van der Waals surface area contributed by atoms with Gasteiger partial charge in [0.25, 0.3) is 5.91 Å². The standard InChI is InChI=1S/C22H26N2O2S/c1-14-5-8-16(9-6-14)26-13-20(25)24-21-18(12-23)17-10-7-15(22(2,3)4)11-19(17)27-21/h5-6,8-9,15H,7,10-11,13H2,1-4H3,(H,24,25)/t15-/m0/s1. The molecule has 0 radical (unpaired) electrons. The lowest BCUT2D eigenvalue weighted by molar-refractivity contribution is -0.118. The van der Waals surface area contributed by atoms with Gasteiger partial charge in [-0.3, -0.25) is 4.79 Å². The first-order chi connectivity index (χ1) is 12.8. The van der Waals surface area contributed by atoms with Crippen molar-refractivity contribution in [2.24, 2.45) is 11.3 Å². The number of hydrogen-bond donors (Lipinski definition) is 1. The molecule has 1 aliphatic carbocycles. The van der Waals surface area contributed by atoms with Gasteiger partial charge in [0.1, 0.15) is 16.8 Å². The summed E-state index contributed by atoms with van der Waals surface area (Å²) < 4.78 is 5.54. The fourth-order valence-electron chi connectivity index (χ4n) is 3.48. The Hall–Kier alpha value is -2.32. The lowest BCUT2D eigenvalue weighted by atomic mass is 9.72. The van der Waals surface area contributed by atoms with Crippen LogP contribution >= 0.6 is 11.3 Å². The number of thiophene rings is 1. The maximum atomic E-state index is 12.3. The van der Waals surface area contributed by atoms with Crippen LogP contribution in [0.5, 0.6) is 5.75 Å². The van der Waals surface area contributed by atoms with E-state index in [0.29, 0.717) is 22.2 Å². The van der Waals surface area contributed by atoms with Crippen molar-refractivity contribution in [3.05, 3.63) is 45.8 Å². The van der Waals surface area contributed by atoms with Crippen LogP contribution in [0.2, 0.25) is 0 Å². The lowest BCUT2D eigenvalue weighted by Gasteiger charge is -2.33. The molecule has 0 saturated carbocycles. The zero-order valence-corrected chi connectivity index (χ0v) is 17.2. The number of nitriles is 1. The topological polar surface area (TPSA) is 62.1 Å². The normalized spacial score (nSPS) is 16.3. The molecule has 0 aliphatic heterocycles. The Morgan fingerprint density at radius 2 is 2.04 bits per heavy atom. The second kappa shape index (κ2) is 7.74. The molecule has 2 aromatic rings. The number of benzene rings is 1. The molecule has 0 fully saturated rings. The molecule has 1 atom stereocenters. The fraction of sp³-hybridized carbons (Fsp3) is 0.455. The summed E-state index contributed by atoms with van der Waals surface area (Å²) >= 11 is 1.55. The molecule has 1 aromatic heterocycles. The third-order valence-corrected chi connectivity index (χ3v) is 6.42. The van der Waals surface area contributed by atoms with Crippen LogP contribution in [0, 0.1) is 29.6 Å². The zero-order chi connectivity index (χ0) is 19.6. The van der Waals surface area contributed by atoms with Gasteiger partial charge in [-0.05, 0) is 55.2 Å². The molecule has 1 aliphatic rings. The van der Waals surface area contributed by atoms with E-state index >= 15 is 0 Å². The quantitative estimate of drug-likeness (QED) is 0.800. The maximum Gasteiger partial charge on any atom is 0.262 e. The SMILES string of the molecule is Cc1ccc(OCC(=O)Nc2sc3c(c2C#N)CC[C@H](C(C)(C)C)C3)cc1. The number of anilines is 1. The number of amides is 1. The second-order valence-corrected chi connectivity index (χ2v) is 9.38. The van der Waals surface area contributed by atoms with Gasteiger partial charge in [-0.1, -0.05) is 38.5 Å². The summed E-state index contributed by atoms with van der Waals surface area (Å²) in [4.78, 5) is 13.6. The second-order valence-electron chi connectivity index (χ2n) is 8.28. The minimum Gasteiger partial charge on any atom is -0.484 e. The number of ether oxygens (including phenoxy) is 1. The van der Waals surface area contributed by atoms with Crippen molar-refractivity contribution in [1.82, 2.24) is 0 Å². The third kappa shape index (κ3) is 4.51. The van der Waals surface area contributed by atoms with Crippen molar-refractivity contribution in [2.75, 3.05) is 11.9 Å². The molecule has 1 N–H and O–H groups in total. The van der Waals surface area contributed by atoms with E-state index < -0.39 is 0 Å². The van der Waals surface area contributed by atoms with Crippen LogP contribution in [0.3, 0.4) is 0 Å². The largest absolute Gasteiger partial charge is 0.484 e. The summed E-state index contributed by atoms with van der Waals surface area (Å²) in [5, 5.41) is 13.2. The summed E-state index contributed by atoms with van der Waals surface area (Å²) in [5.74, 6) is 1.02. The van der Waals surface area contributed by atoms with Gasteiger partial charge in [0.15, 0.2) is 6.61 Å². The number of fused-ring (bicyclic) bond motifs is 1. The molecule has 3 rings (SSSR count). The monoisotopic (exact) mass is 382 g/mol.